The molecule has 24 heavy (non-hydrogen) atoms. The number of rotatable bonds is 8. The van der Waals surface area contributed by atoms with E-state index in [0.717, 1.165) is 0 Å². The average molecular weight is 343 g/mol. The van der Waals surface area contributed by atoms with E-state index in [0.29, 0.717) is 18.4 Å². The molecule has 6 heteroatoms. The fraction of sp³-hybridized carbons (Fsp3) is 0.500. The van der Waals surface area contributed by atoms with Gasteiger partial charge in [-0.3, -0.25) is 4.79 Å². The average Bonchev–Trinajstić information content (AvgIpc) is 2.52. The van der Waals surface area contributed by atoms with Gasteiger partial charge in [-0.15, -0.1) is 6.58 Å². The largest absolute Gasteiger partial charge is 0.471 e. The first-order valence-electron chi connectivity index (χ1n) is 7.84. The number of ether oxygens (including phenoxy) is 1. The van der Waals surface area contributed by atoms with Crippen LogP contribution in [0.15, 0.2) is 43.0 Å². The SMILES string of the molecule is C=CC[C@](C)(CC)O[C@H](c1ccccc1)[C@@H](C)NC(=O)C(F)(F)F. The van der Waals surface area contributed by atoms with Crippen molar-refractivity contribution in [1.29, 1.82) is 0 Å². The number of amides is 1. The molecular formula is C18H24F3NO2. The van der Waals surface area contributed by atoms with E-state index in [1.165, 1.54) is 6.92 Å². The van der Waals surface area contributed by atoms with Gasteiger partial charge in [0.25, 0.3) is 0 Å². The highest BCUT2D eigenvalue weighted by Crippen LogP contribution is 2.32. The van der Waals surface area contributed by atoms with E-state index in [4.69, 9.17) is 4.74 Å². The third-order valence-electron chi connectivity index (χ3n) is 3.93. The zero-order chi connectivity index (χ0) is 18.4. The lowest BCUT2D eigenvalue weighted by molar-refractivity contribution is -0.176. The Bertz CT molecular complexity index is 545. The molecule has 1 amide bonds. The Morgan fingerprint density at radius 2 is 1.92 bits per heavy atom. The van der Waals surface area contributed by atoms with Crippen molar-refractivity contribution < 1.29 is 22.7 Å². The van der Waals surface area contributed by atoms with Gasteiger partial charge in [-0.05, 0) is 32.3 Å². The highest BCUT2D eigenvalue weighted by Gasteiger charge is 2.41. The zero-order valence-electron chi connectivity index (χ0n) is 14.2. The fourth-order valence-electron chi connectivity index (χ4n) is 2.35. The summed E-state index contributed by atoms with van der Waals surface area (Å²) in [6.07, 6.45) is -2.72. The molecule has 1 aromatic carbocycles. The summed E-state index contributed by atoms with van der Waals surface area (Å²) < 4.78 is 43.7. The minimum absolute atomic E-state index is 0.548. The van der Waals surface area contributed by atoms with Gasteiger partial charge in [-0.25, -0.2) is 0 Å². The van der Waals surface area contributed by atoms with Crippen molar-refractivity contribution in [3.05, 3.63) is 48.6 Å². The lowest BCUT2D eigenvalue weighted by Gasteiger charge is -2.36. The molecule has 0 unspecified atom stereocenters. The molecule has 0 aliphatic heterocycles. The van der Waals surface area contributed by atoms with Crippen molar-refractivity contribution in [2.45, 2.75) is 57.5 Å². The van der Waals surface area contributed by atoms with Gasteiger partial charge in [0.05, 0.1) is 11.6 Å². The van der Waals surface area contributed by atoms with Crippen LogP contribution < -0.4 is 5.32 Å². The molecule has 0 aromatic heterocycles. The summed E-state index contributed by atoms with van der Waals surface area (Å²) >= 11 is 0. The van der Waals surface area contributed by atoms with Crippen LogP contribution in [-0.2, 0) is 9.53 Å². The highest BCUT2D eigenvalue weighted by molar-refractivity contribution is 5.82. The lowest BCUT2D eigenvalue weighted by atomic mass is 9.96. The van der Waals surface area contributed by atoms with Crippen molar-refractivity contribution >= 4 is 5.91 Å². The first kappa shape index (κ1) is 20.2. The van der Waals surface area contributed by atoms with Gasteiger partial charge >= 0.3 is 12.1 Å². The normalized spacial score (nSPS) is 16.8. The minimum atomic E-state index is -4.93. The van der Waals surface area contributed by atoms with Crippen LogP contribution in [0.25, 0.3) is 0 Å². The molecule has 0 saturated carbocycles. The van der Waals surface area contributed by atoms with Crippen molar-refractivity contribution in [2.24, 2.45) is 0 Å². The van der Waals surface area contributed by atoms with Crippen LogP contribution in [0.4, 0.5) is 13.2 Å². The van der Waals surface area contributed by atoms with Gasteiger partial charge < -0.3 is 10.1 Å². The van der Waals surface area contributed by atoms with Crippen molar-refractivity contribution in [2.75, 3.05) is 0 Å². The number of benzene rings is 1. The number of carbonyl (C=O) groups is 1. The van der Waals surface area contributed by atoms with Gasteiger partial charge in [0, 0.05) is 0 Å². The van der Waals surface area contributed by atoms with Crippen LogP contribution in [-0.4, -0.2) is 23.7 Å². The summed E-state index contributed by atoms with van der Waals surface area (Å²) in [4.78, 5) is 11.3. The van der Waals surface area contributed by atoms with E-state index in [1.807, 2.05) is 25.2 Å². The smallest absolute Gasteiger partial charge is 0.365 e. The van der Waals surface area contributed by atoms with Crippen LogP contribution in [0.1, 0.15) is 45.3 Å². The molecule has 1 N–H and O–H groups in total. The van der Waals surface area contributed by atoms with Crippen LogP contribution in [0.3, 0.4) is 0 Å². The summed E-state index contributed by atoms with van der Waals surface area (Å²) in [6, 6.07) is 8.05. The van der Waals surface area contributed by atoms with E-state index in [-0.39, 0.29) is 0 Å². The Morgan fingerprint density at radius 1 is 1.33 bits per heavy atom. The van der Waals surface area contributed by atoms with E-state index in [2.05, 4.69) is 6.58 Å². The number of hydrogen-bond donors (Lipinski definition) is 1. The maximum absolute atomic E-state index is 12.5. The Hall–Kier alpha value is -1.82. The van der Waals surface area contributed by atoms with Crippen molar-refractivity contribution in [3.63, 3.8) is 0 Å². The van der Waals surface area contributed by atoms with Gasteiger partial charge in [0.1, 0.15) is 6.10 Å². The molecule has 0 bridgehead atoms. The number of alkyl halides is 3. The Morgan fingerprint density at radius 3 is 2.38 bits per heavy atom. The van der Waals surface area contributed by atoms with E-state index < -0.39 is 29.8 Å². The highest BCUT2D eigenvalue weighted by atomic mass is 19.4. The molecule has 0 aliphatic rings. The van der Waals surface area contributed by atoms with E-state index in [1.54, 1.807) is 30.3 Å². The van der Waals surface area contributed by atoms with Crippen LogP contribution in [0.5, 0.6) is 0 Å². The number of carbonyl (C=O) groups excluding carboxylic acids is 1. The Balaban J connectivity index is 3.06. The summed E-state index contributed by atoms with van der Waals surface area (Å²) in [6.45, 7) is 9.02. The molecular weight excluding hydrogens is 319 g/mol. The predicted molar refractivity (Wildman–Crippen MR) is 87.4 cm³/mol. The van der Waals surface area contributed by atoms with Crippen molar-refractivity contribution in [3.8, 4) is 0 Å². The fourth-order valence-corrected chi connectivity index (χ4v) is 2.35. The van der Waals surface area contributed by atoms with Gasteiger partial charge in [-0.2, -0.15) is 13.2 Å². The lowest BCUT2D eigenvalue weighted by Crippen LogP contribution is -2.46. The monoisotopic (exact) mass is 343 g/mol. The molecule has 3 atom stereocenters. The van der Waals surface area contributed by atoms with Crippen molar-refractivity contribution in [1.82, 2.24) is 5.32 Å². The maximum atomic E-state index is 12.5. The zero-order valence-corrected chi connectivity index (χ0v) is 14.2. The standard InChI is InChI=1S/C18H24F3NO2/c1-5-12-17(4,6-2)24-15(14-10-8-7-9-11-14)13(3)22-16(23)18(19,20)21/h5,7-11,13,15H,1,6,12H2,2-4H3,(H,22,23)/t13-,15+,17+/m1/s1. The quantitative estimate of drug-likeness (QED) is 0.703. The Labute approximate surface area is 140 Å². The second-order valence-electron chi connectivity index (χ2n) is 6.01. The summed E-state index contributed by atoms with van der Waals surface area (Å²) in [5.74, 6) is -1.97. The molecule has 0 saturated heterocycles. The van der Waals surface area contributed by atoms with Crippen LogP contribution in [0.2, 0.25) is 0 Å². The second-order valence-corrected chi connectivity index (χ2v) is 6.01. The molecule has 0 spiro atoms. The molecule has 3 nitrogen and oxygen atoms in total. The molecule has 134 valence electrons. The predicted octanol–water partition coefficient (Wildman–Crippen LogP) is 4.56. The summed E-state index contributed by atoms with van der Waals surface area (Å²) in [5.41, 5.74) is 0.121. The minimum Gasteiger partial charge on any atom is -0.365 e. The third kappa shape index (κ3) is 5.67. The van der Waals surface area contributed by atoms with Crippen LogP contribution in [0, 0.1) is 0 Å². The third-order valence-corrected chi connectivity index (χ3v) is 3.93. The molecule has 1 aromatic rings. The van der Waals surface area contributed by atoms with E-state index >= 15 is 0 Å². The van der Waals surface area contributed by atoms with Crippen LogP contribution >= 0.6 is 0 Å². The Kier molecular flexibility index (Phi) is 7.02. The number of hydrogen-bond acceptors (Lipinski definition) is 2. The number of halogens is 3. The van der Waals surface area contributed by atoms with Gasteiger partial charge in [0.15, 0.2) is 0 Å². The molecule has 0 heterocycles. The first-order chi connectivity index (χ1) is 11.1. The molecule has 1 rings (SSSR count). The molecule has 0 fully saturated rings. The molecule has 0 aliphatic carbocycles. The topological polar surface area (TPSA) is 38.3 Å². The number of nitrogens with one attached hydrogen (secondary N) is 1. The summed E-state index contributed by atoms with van der Waals surface area (Å²) in [5, 5.41) is 1.99. The summed E-state index contributed by atoms with van der Waals surface area (Å²) in [7, 11) is 0. The second kappa shape index (κ2) is 8.33. The van der Waals surface area contributed by atoms with E-state index in [9.17, 15) is 18.0 Å². The van der Waals surface area contributed by atoms with Gasteiger partial charge in [-0.1, -0.05) is 43.3 Å². The van der Waals surface area contributed by atoms with Gasteiger partial charge in [0.2, 0.25) is 0 Å². The molecule has 0 radical (unpaired) electrons. The first-order valence-corrected chi connectivity index (χ1v) is 7.84. The maximum Gasteiger partial charge on any atom is 0.471 e.